The van der Waals surface area contributed by atoms with Crippen LogP contribution in [-0.2, 0) is 38.1 Å². The van der Waals surface area contributed by atoms with Gasteiger partial charge in [0.25, 0.3) is 0 Å². The lowest BCUT2D eigenvalue weighted by Gasteiger charge is -2.59. The molecule has 0 spiro atoms. The third kappa shape index (κ3) is 7.43. The van der Waals surface area contributed by atoms with Gasteiger partial charge in [-0.1, -0.05) is 58.4 Å². The first-order valence-corrected chi connectivity index (χ1v) is 20.5. The van der Waals surface area contributed by atoms with Crippen molar-refractivity contribution in [3.05, 3.63) is 0 Å². The van der Waals surface area contributed by atoms with Crippen molar-refractivity contribution in [3.63, 3.8) is 0 Å². The van der Waals surface area contributed by atoms with Gasteiger partial charge in [0.05, 0.1) is 29.8 Å². The van der Waals surface area contributed by atoms with E-state index in [9.17, 15) is 19.2 Å². The highest BCUT2D eigenvalue weighted by Crippen LogP contribution is 2.69. The molecule has 2 aliphatic heterocycles. The number of ether oxygens (including phenoxy) is 4. The van der Waals surface area contributed by atoms with Crippen molar-refractivity contribution in [2.24, 2.45) is 101 Å². The first-order valence-electron chi connectivity index (χ1n) is 20.5. The summed E-state index contributed by atoms with van der Waals surface area (Å²) >= 11 is 0. The van der Waals surface area contributed by atoms with Crippen molar-refractivity contribution in [3.8, 4) is 0 Å². The molecule has 0 aromatic rings. The summed E-state index contributed by atoms with van der Waals surface area (Å²) in [4.78, 5) is 55.3. The minimum Gasteiger partial charge on any atom is -0.460 e. The molecule has 2 saturated heterocycles. The Labute approximate surface area is 342 Å². The number of carbonyl (C=O) groups excluding carboxylic acids is 4. The van der Waals surface area contributed by atoms with E-state index in [0.29, 0.717) is 30.8 Å². The van der Waals surface area contributed by atoms with E-state index >= 15 is 0 Å². The Kier molecular flexibility index (Phi) is 14.7. The van der Waals surface area contributed by atoms with Gasteiger partial charge < -0.3 is 18.9 Å². The van der Waals surface area contributed by atoms with Crippen LogP contribution in [0.15, 0.2) is 0 Å². The van der Waals surface area contributed by atoms with Crippen LogP contribution in [0.3, 0.4) is 0 Å². The number of rotatable bonds is 6. The van der Waals surface area contributed by atoms with E-state index in [4.69, 9.17) is 18.9 Å². The highest BCUT2D eigenvalue weighted by molar-refractivity contribution is 5.97. The summed E-state index contributed by atoms with van der Waals surface area (Å²) in [7, 11) is 0. The number of esters is 4. The van der Waals surface area contributed by atoms with Gasteiger partial charge in [0.2, 0.25) is 0 Å². The van der Waals surface area contributed by atoms with E-state index in [-0.39, 0.29) is 133 Å². The van der Waals surface area contributed by atoms with Gasteiger partial charge in [-0.15, -0.1) is 0 Å². The molecule has 2 heterocycles. The zero-order valence-corrected chi connectivity index (χ0v) is 31.1. The molecule has 324 valence electrons. The van der Waals surface area contributed by atoms with Crippen LogP contribution in [0.2, 0.25) is 0 Å². The molecular formula is C48H84O8. The number of cyclic esters (lactones) is 2. The van der Waals surface area contributed by atoms with E-state index < -0.39 is 23.4 Å². The molecule has 8 aliphatic carbocycles. The summed E-state index contributed by atoms with van der Waals surface area (Å²) in [5, 5.41) is 0. The number of hydrogen-bond acceptors (Lipinski definition) is 8. The maximum absolute atomic E-state index is 14.2. The Hall–Kier alpha value is -1.96. The molecule has 8 nitrogen and oxygen atoms in total. The first kappa shape index (κ1) is 48.4. The average molecular weight is 789 g/mol. The van der Waals surface area contributed by atoms with Gasteiger partial charge in [0.1, 0.15) is 11.2 Å². The molecule has 14 atom stereocenters. The topological polar surface area (TPSA) is 105 Å². The second-order valence-corrected chi connectivity index (χ2v) is 20.3. The molecule has 8 bridgehead atoms. The lowest BCUT2D eigenvalue weighted by molar-refractivity contribution is -0.209. The van der Waals surface area contributed by atoms with Crippen molar-refractivity contribution in [1.29, 1.82) is 0 Å². The van der Waals surface area contributed by atoms with Crippen molar-refractivity contribution < 1.29 is 38.1 Å². The third-order valence-electron chi connectivity index (χ3n) is 16.7. The summed E-state index contributed by atoms with van der Waals surface area (Å²) in [6.07, 6.45) is 11.2. The summed E-state index contributed by atoms with van der Waals surface area (Å²) in [6.45, 7) is 13.1. The quantitative estimate of drug-likeness (QED) is 0.149. The zero-order valence-electron chi connectivity index (χ0n) is 31.1. The molecule has 0 N–H and O–H groups in total. The van der Waals surface area contributed by atoms with Crippen LogP contribution in [0.4, 0.5) is 0 Å². The summed E-state index contributed by atoms with van der Waals surface area (Å²) < 4.78 is 24.5. The van der Waals surface area contributed by atoms with Crippen molar-refractivity contribution in [1.82, 2.24) is 0 Å². The Balaban J connectivity index is 0.00000140. The van der Waals surface area contributed by atoms with Crippen LogP contribution in [0.1, 0.15) is 157 Å². The largest absolute Gasteiger partial charge is 0.460 e. The number of hydrogen-bond donors (Lipinski definition) is 0. The van der Waals surface area contributed by atoms with Crippen molar-refractivity contribution in [2.75, 3.05) is 6.61 Å². The van der Waals surface area contributed by atoms with Gasteiger partial charge in [0, 0.05) is 6.61 Å². The first-order chi connectivity index (χ1) is 23.7. The fraction of sp³-hybridized carbons (Fsp3) is 0.917. The van der Waals surface area contributed by atoms with E-state index in [2.05, 4.69) is 20.8 Å². The molecule has 56 heavy (non-hydrogen) atoms. The van der Waals surface area contributed by atoms with Crippen LogP contribution in [0.25, 0.3) is 0 Å². The van der Waals surface area contributed by atoms with Crippen LogP contribution in [0.5, 0.6) is 0 Å². The molecule has 10 rings (SSSR count). The predicted octanol–water partition coefficient (Wildman–Crippen LogP) is 10.8. The SMILES string of the molecule is C.C.C.C.C.C.CC1CCCOC1C1C(=O)OC(=O)C1C1C2CC(C(=O)OC(C)(C)C)C(C2)C1C1C2CC(C(=O)OC3(C)C4CC5CC(C4)CC3C5)C(C2)C1C. The molecular weight excluding hydrogens is 705 g/mol. The van der Waals surface area contributed by atoms with Gasteiger partial charge in [-0.05, 0) is 175 Å². The second kappa shape index (κ2) is 17.0. The molecule has 10 fully saturated rings. The average Bonchev–Trinajstić information content (AvgIpc) is 3.85. The lowest BCUT2D eigenvalue weighted by Crippen LogP contribution is -2.58. The number of carbonyl (C=O) groups is 4. The molecule has 0 aromatic heterocycles. The third-order valence-corrected chi connectivity index (χ3v) is 16.7. The molecule has 0 aromatic carbocycles. The van der Waals surface area contributed by atoms with E-state index in [1.807, 2.05) is 20.8 Å². The highest BCUT2D eigenvalue weighted by atomic mass is 16.6. The van der Waals surface area contributed by atoms with Crippen LogP contribution in [-0.4, -0.2) is 47.8 Å². The van der Waals surface area contributed by atoms with Gasteiger partial charge in [-0.25, -0.2) is 0 Å². The Morgan fingerprint density at radius 1 is 0.679 bits per heavy atom. The summed E-state index contributed by atoms with van der Waals surface area (Å²) in [5.74, 6) is 1.92. The number of fused-ring (bicyclic) bond motifs is 4. The minimum absolute atomic E-state index is 0. The van der Waals surface area contributed by atoms with Gasteiger partial charge in [-0.3, -0.25) is 19.2 Å². The van der Waals surface area contributed by atoms with Gasteiger partial charge in [-0.2, -0.15) is 0 Å². The predicted molar refractivity (Wildman–Crippen MR) is 223 cm³/mol. The summed E-state index contributed by atoms with van der Waals surface area (Å²) in [5.41, 5.74) is -0.899. The molecule has 8 heteroatoms. The monoisotopic (exact) mass is 789 g/mol. The van der Waals surface area contributed by atoms with E-state index in [1.165, 1.54) is 32.1 Å². The highest BCUT2D eigenvalue weighted by Gasteiger charge is 2.69. The smallest absolute Gasteiger partial charge is 0.320 e. The Bertz CT molecular complexity index is 1400. The van der Waals surface area contributed by atoms with Crippen molar-refractivity contribution >= 4 is 23.9 Å². The zero-order chi connectivity index (χ0) is 35.0. The van der Waals surface area contributed by atoms with Gasteiger partial charge in [0.15, 0.2) is 0 Å². The van der Waals surface area contributed by atoms with Crippen LogP contribution >= 0.6 is 0 Å². The lowest BCUT2D eigenvalue weighted by atomic mass is 9.50. The fourth-order valence-electron chi connectivity index (χ4n) is 15.1. The molecule has 0 radical (unpaired) electrons. The summed E-state index contributed by atoms with van der Waals surface area (Å²) in [6, 6.07) is 0. The molecule has 14 unspecified atom stereocenters. The Morgan fingerprint density at radius 2 is 1.21 bits per heavy atom. The maximum atomic E-state index is 14.2. The van der Waals surface area contributed by atoms with E-state index in [1.54, 1.807) is 0 Å². The molecule has 10 aliphatic rings. The molecule has 8 saturated carbocycles. The molecule has 0 amide bonds. The second-order valence-electron chi connectivity index (χ2n) is 20.3. The van der Waals surface area contributed by atoms with Gasteiger partial charge >= 0.3 is 23.9 Å². The normalized spacial score (nSPS) is 47.5. The minimum atomic E-state index is -0.594. The Morgan fingerprint density at radius 3 is 1.77 bits per heavy atom. The van der Waals surface area contributed by atoms with Crippen molar-refractivity contribution in [2.45, 2.75) is 174 Å². The standard InChI is InChI=1S/C42H60O8.6CH4/c1-19-8-7-9-47-36(19)35-34(39(45)48-40(35)46)32-24-16-28(30(18-24)37(43)49-41(3,4)5)33(32)31-20(2)27-15-23(31)17-29(27)38(44)50-42(6)25-11-21-10-22(13-25)14-26(42)12-21;;;;;;/h19-36H,7-18H2,1-6H3;6*1H4. The van der Waals surface area contributed by atoms with Crippen LogP contribution in [0, 0.1) is 101 Å². The van der Waals surface area contributed by atoms with Crippen LogP contribution < -0.4 is 0 Å². The van der Waals surface area contributed by atoms with E-state index in [0.717, 1.165) is 43.9 Å². The maximum Gasteiger partial charge on any atom is 0.320 e. The fourth-order valence-corrected chi connectivity index (χ4v) is 15.1.